The van der Waals surface area contributed by atoms with Crippen molar-refractivity contribution >= 4 is 80.5 Å². The normalized spacial score (nSPS) is 12.5. The van der Waals surface area contributed by atoms with E-state index in [0.29, 0.717) is 0 Å². The maximum atomic E-state index is 11.1. The second-order valence-electron chi connectivity index (χ2n) is 5.19. The van der Waals surface area contributed by atoms with Crippen LogP contribution in [0.15, 0.2) is 53.5 Å². The fourth-order valence-corrected chi connectivity index (χ4v) is 2.35. The number of hydroxylamine groups is 4. The van der Waals surface area contributed by atoms with E-state index in [2.05, 4.69) is 4.95 Å². The summed E-state index contributed by atoms with van der Waals surface area (Å²) in [6.07, 6.45) is 0.180. The molecule has 0 radical (unpaired) electrons. The lowest BCUT2D eigenvalue weighted by Crippen LogP contribution is -2.25. The number of fused-ring (bicyclic) bond motifs is 2. The molecule has 0 saturated carbocycles. The van der Waals surface area contributed by atoms with Crippen LogP contribution in [0, 0.1) is 4.91 Å². The number of carbonyl (C=O) groups is 4. The van der Waals surface area contributed by atoms with Gasteiger partial charge in [0.15, 0.2) is 0 Å². The van der Waals surface area contributed by atoms with Crippen molar-refractivity contribution in [3.63, 3.8) is 0 Å². The molecule has 0 aromatic heterocycles. The van der Waals surface area contributed by atoms with E-state index >= 15 is 0 Å². The van der Waals surface area contributed by atoms with Crippen molar-refractivity contribution in [2.75, 3.05) is 0 Å². The molecule has 4 amide bonds. The van der Waals surface area contributed by atoms with Gasteiger partial charge >= 0.3 is 8.69 Å². The summed E-state index contributed by atoms with van der Waals surface area (Å²) >= 11 is 1.90. The van der Waals surface area contributed by atoms with Crippen LogP contribution >= 0.6 is 56.9 Å². The molecule has 34 heavy (non-hydrogen) atoms. The minimum atomic E-state index is -0.833. The van der Waals surface area contributed by atoms with Crippen LogP contribution in [0.4, 0.5) is 0 Å². The summed E-state index contributed by atoms with van der Waals surface area (Å²) in [4.78, 5) is 62.7. The Morgan fingerprint density at radius 2 is 0.912 bits per heavy atom. The number of carbonyl (C=O) groups excluding carboxylic acids is 4. The third-order valence-corrected chi connectivity index (χ3v) is 4.24. The fraction of sp³-hybridized carbons (Fsp3) is 0.0588. The molecule has 0 fully saturated rings. The third kappa shape index (κ3) is 9.17. The fourth-order valence-electron chi connectivity index (χ4n) is 2.35. The first-order chi connectivity index (χ1) is 14.8. The molecule has 4 rings (SSSR count). The van der Waals surface area contributed by atoms with Crippen LogP contribution in [0.3, 0.4) is 0 Å². The number of amides is 4. The molecule has 0 aliphatic carbocycles. The number of benzene rings is 2. The lowest BCUT2D eigenvalue weighted by molar-refractivity contribution is -0.0330. The zero-order chi connectivity index (χ0) is 23.6. The average Bonchev–Trinajstić information content (AvgIpc) is 3.16. The molecule has 0 saturated heterocycles. The van der Waals surface area contributed by atoms with E-state index in [1.807, 2.05) is 22.0 Å². The lowest BCUT2D eigenvalue weighted by Gasteiger charge is -1.99. The Labute approximate surface area is 217 Å². The van der Waals surface area contributed by atoms with Crippen LogP contribution < -0.4 is 0 Å². The van der Waals surface area contributed by atoms with Crippen LogP contribution in [0.25, 0.3) is 0 Å². The summed E-state index contributed by atoms with van der Waals surface area (Å²) in [5, 5.41) is 18.1. The van der Waals surface area contributed by atoms with Gasteiger partial charge in [0.05, 0.1) is 22.3 Å². The summed E-state index contributed by atoms with van der Waals surface area (Å²) in [6, 6.07) is 12.6. The molecule has 2 aliphatic rings. The first-order valence-corrected chi connectivity index (χ1v) is 12.6. The zero-order valence-electron chi connectivity index (χ0n) is 16.5. The van der Waals surface area contributed by atoms with Gasteiger partial charge in [0.2, 0.25) is 0 Å². The highest BCUT2D eigenvalue weighted by molar-refractivity contribution is 14.2. The largest absolute Gasteiger partial charge is 0.324 e. The van der Waals surface area contributed by atoms with Crippen LogP contribution in [-0.4, -0.2) is 49.1 Å². The second kappa shape index (κ2) is 18.6. The Morgan fingerprint density at radius 1 is 0.735 bits per heavy atom. The first kappa shape index (κ1) is 36.9. The molecule has 186 valence electrons. The van der Waals surface area contributed by atoms with Crippen molar-refractivity contribution in [1.82, 2.24) is 10.1 Å². The number of imide groups is 2. The van der Waals surface area contributed by atoms with Gasteiger partial charge in [-0.05, 0) is 51.3 Å². The van der Waals surface area contributed by atoms with Crippen LogP contribution in [0.5, 0.6) is 0 Å². The number of halogens is 1. The van der Waals surface area contributed by atoms with Gasteiger partial charge < -0.3 is 4.89 Å². The highest BCUT2D eigenvalue weighted by atomic mass is 127. The van der Waals surface area contributed by atoms with E-state index < -0.39 is 32.3 Å². The number of nitrogens with zero attached hydrogens (tertiary/aromatic N) is 3. The molecule has 2 heterocycles. The average molecular weight is 663 g/mol. The van der Waals surface area contributed by atoms with Gasteiger partial charge in [-0.2, -0.15) is 19.8 Å². The molecule has 0 bridgehead atoms. The Bertz CT molecular complexity index is 886. The van der Waals surface area contributed by atoms with Crippen molar-refractivity contribution in [2.45, 2.75) is 7.43 Å². The summed E-state index contributed by atoms with van der Waals surface area (Å²) in [6.45, 7) is 0. The molecular weight excluding hydrogens is 641 g/mol. The highest BCUT2D eigenvalue weighted by Crippen LogP contribution is 2.21. The predicted octanol–water partition coefficient (Wildman–Crippen LogP) is 3.98. The van der Waals surface area contributed by atoms with E-state index in [1.165, 1.54) is 24.3 Å². The first-order valence-electron chi connectivity index (χ1n) is 7.74. The van der Waals surface area contributed by atoms with E-state index in [1.54, 1.807) is 24.3 Å². The standard InChI is InChI=1S/2C8H5NO3.CH4.HINOP.HO2P.2H3P/c2*10-7-5-3-1-2-4-6(5)8(11)9(7)12;;1-4-2-3;1-3-2;;/h2*1-4,12H;1H4;4H;(H,1,2);2*1H3. The van der Waals surface area contributed by atoms with Gasteiger partial charge in [-0.3, -0.25) is 29.6 Å². The Morgan fingerprint density at radius 3 is 1.06 bits per heavy atom. The van der Waals surface area contributed by atoms with Gasteiger partial charge in [-0.1, -0.05) is 31.7 Å². The molecule has 17 heteroatoms. The molecule has 0 spiro atoms. The number of nitroso groups, excluding NO2 is 1. The SMILES string of the molecule is C.O=C1c2ccccc2C(=O)N1O.O=C1c2ccccc2C(=O)N1O.O=NPI.O=PO.P.P. The molecule has 3 atom stereocenters. The molecule has 3 unspecified atom stereocenters. The summed E-state index contributed by atoms with van der Waals surface area (Å²) in [5.74, 6) is -2.63. The second-order valence-corrected chi connectivity index (χ2v) is 7.16. The predicted molar refractivity (Wildman–Crippen MR) is 144 cm³/mol. The summed E-state index contributed by atoms with van der Waals surface area (Å²) < 4.78 is 8.46. The van der Waals surface area contributed by atoms with E-state index in [9.17, 15) is 19.2 Å². The lowest BCUT2D eigenvalue weighted by atomic mass is 10.1. The maximum Gasteiger partial charge on any atom is 0.324 e. The van der Waals surface area contributed by atoms with Gasteiger partial charge in [-0.25, -0.2) is 4.57 Å². The Balaban J connectivity index is -0.000000417. The van der Waals surface area contributed by atoms with Gasteiger partial charge in [0, 0.05) is 0 Å². The van der Waals surface area contributed by atoms with Crippen molar-refractivity contribution in [3.8, 4) is 0 Å². The third-order valence-electron chi connectivity index (χ3n) is 3.58. The quantitative estimate of drug-likeness (QED) is 0.134. The molecule has 2 aliphatic heterocycles. The highest BCUT2D eigenvalue weighted by Gasteiger charge is 2.34. The van der Waals surface area contributed by atoms with Crippen molar-refractivity contribution in [1.29, 1.82) is 0 Å². The van der Waals surface area contributed by atoms with E-state index in [4.69, 9.17) is 24.8 Å². The summed E-state index contributed by atoms with van der Waals surface area (Å²) in [5.41, 5.74) is 1.02. The Hall–Kier alpha value is -1.68. The van der Waals surface area contributed by atoms with Crippen molar-refractivity contribution < 1.29 is 39.1 Å². The molecular formula is C17H22IN3O9P4. The van der Waals surface area contributed by atoms with Crippen LogP contribution in [-0.2, 0) is 4.57 Å². The molecule has 12 nitrogen and oxygen atoms in total. The smallest absolute Gasteiger partial charge is 0.310 e. The van der Waals surface area contributed by atoms with E-state index in [0.717, 1.165) is 0 Å². The van der Waals surface area contributed by atoms with Crippen molar-refractivity contribution in [2.24, 2.45) is 4.95 Å². The molecule has 2 aromatic carbocycles. The van der Waals surface area contributed by atoms with Gasteiger partial charge in [0.25, 0.3) is 23.6 Å². The maximum absolute atomic E-state index is 11.1. The van der Waals surface area contributed by atoms with Crippen molar-refractivity contribution in [3.05, 3.63) is 75.7 Å². The van der Waals surface area contributed by atoms with Gasteiger partial charge in [0.1, 0.15) is 6.37 Å². The number of hydrogen-bond acceptors (Lipinski definition) is 9. The monoisotopic (exact) mass is 663 g/mol. The minimum Gasteiger partial charge on any atom is -0.310 e. The van der Waals surface area contributed by atoms with Crippen LogP contribution in [0.2, 0.25) is 0 Å². The topological polar surface area (TPSA) is 182 Å². The minimum absolute atomic E-state index is 0. The zero-order valence-corrected chi connectivity index (χ0v) is 23.4. The number of rotatable bonds is 1. The van der Waals surface area contributed by atoms with Gasteiger partial charge in [-0.15, -0.1) is 15.0 Å². The van der Waals surface area contributed by atoms with E-state index in [-0.39, 0.29) is 66.0 Å². The Kier molecular flexibility index (Phi) is 20.2. The number of hydrogen-bond donors (Lipinski definition) is 3. The summed E-state index contributed by atoms with van der Waals surface area (Å²) in [7, 11) is -0.833. The molecule has 3 N–H and O–H groups in total. The molecule has 2 aromatic rings. The van der Waals surface area contributed by atoms with Crippen LogP contribution in [0.1, 0.15) is 48.9 Å².